The molecule has 0 bridgehead atoms. The van der Waals surface area contributed by atoms with Crippen LogP contribution in [0.25, 0.3) is 0 Å². The molecule has 3 amide bonds. The molecule has 2 fully saturated rings. The van der Waals surface area contributed by atoms with Crippen LogP contribution in [-0.4, -0.2) is 58.3 Å². The third kappa shape index (κ3) is 6.37. The van der Waals surface area contributed by atoms with E-state index in [1.165, 1.54) is 30.5 Å². The minimum atomic E-state index is -2.93. The fourth-order valence-electron chi connectivity index (χ4n) is 5.33. The Labute approximate surface area is 255 Å². The number of nitrogens with one attached hydrogen (secondary N) is 1. The summed E-state index contributed by atoms with van der Waals surface area (Å²) in [5.74, 6) is -6.56. The molecule has 1 N–H and O–H groups in total. The van der Waals surface area contributed by atoms with Gasteiger partial charge in [-0.3, -0.25) is 29.2 Å². The Morgan fingerprint density at radius 3 is 2.61 bits per heavy atom. The number of nitrogens with zero attached hydrogens (tertiary/aromatic N) is 4. The average molecular weight is 630 g/mol. The summed E-state index contributed by atoms with van der Waals surface area (Å²) >= 11 is 6.49. The smallest absolute Gasteiger partial charge is 0.338 e. The number of amides is 3. The van der Waals surface area contributed by atoms with Crippen LogP contribution in [-0.2, 0) is 19.1 Å². The molecular weight excluding hydrogens is 603 g/mol. The summed E-state index contributed by atoms with van der Waals surface area (Å²) in [4.78, 5) is 64.0. The van der Waals surface area contributed by atoms with Crippen molar-refractivity contribution in [3.63, 3.8) is 0 Å². The summed E-state index contributed by atoms with van der Waals surface area (Å²) in [6, 6.07) is 6.14. The van der Waals surface area contributed by atoms with Crippen LogP contribution in [0.15, 0.2) is 61.1 Å². The molecule has 1 aliphatic carbocycles. The Hall–Kier alpha value is -4.52. The van der Waals surface area contributed by atoms with Gasteiger partial charge in [0.25, 0.3) is 11.8 Å². The van der Waals surface area contributed by atoms with Crippen LogP contribution in [0.4, 0.5) is 24.7 Å². The van der Waals surface area contributed by atoms with Crippen LogP contribution in [0.5, 0.6) is 0 Å². The average Bonchev–Trinajstić information content (AvgIpc) is 3.36. The van der Waals surface area contributed by atoms with Crippen LogP contribution in [0.3, 0.4) is 0 Å². The zero-order chi connectivity index (χ0) is 31.6. The zero-order valence-electron chi connectivity index (χ0n) is 23.4. The maximum Gasteiger partial charge on any atom is 0.338 e. The van der Waals surface area contributed by atoms with Crippen molar-refractivity contribution < 1.29 is 37.1 Å². The quantitative estimate of drug-likeness (QED) is 0.343. The lowest BCUT2D eigenvalue weighted by molar-refractivity contribution is -0.133. The number of ether oxygens (including phenoxy) is 1. The molecule has 2 aromatic heterocycles. The molecule has 1 aliphatic heterocycles. The third-order valence-corrected chi connectivity index (χ3v) is 7.69. The van der Waals surface area contributed by atoms with Gasteiger partial charge >= 0.3 is 5.97 Å². The number of hydrogen-bond donors (Lipinski definition) is 1. The lowest BCUT2D eigenvalue weighted by atomic mass is 9.87. The van der Waals surface area contributed by atoms with E-state index in [9.17, 15) is 32.3 Å². The van der Waals surface area contributed by atoms with E-state index in [0.29, 0.717) is 0 Å². The Morgan fingerprint density at radius 1 is 1.18 bits per heavy atom. The van der Waals surface area contributed by atoms with E-state index in [1.807, 2.05) is 0 Å². The predicted octanol–water partition coefficient (Wildman–Crippen LogP) is 4.63. The van der Waals surface area contributed by atoms with E-state index in [-0.39, 0.29) is 47.1 Å². The van der Waals surface area contributed by atoms with E-state index in [0.717, 1.165) is 28.3 Å². The van der Waals surface area contributed by atoms with Crippen molar-refractivity contribution in [2.24, 2.45) is 0 Å². The fourth-order valence-corrected chi connectivity index (χ4v) is 5.57. The molecule has 1 saturated carbocycles. The lowest BCUT2D eigenvalue weighted by Gasteiger charge is -2.39. The first-order chi connectivity index (χ1) is 21.0. The monoisotopic (exact) mass is 629 g/mol. The van der Waals surface area contributed by atoms with Crippen molar-refractivity contribution in [1.82, 2.24) is 15.3 Å². The number of esters is 1. The van der Waals surface area contributed by atoms with Gasteiger partial charge in [-0.05, 0) is 31.5 Å². The molecule has 230 valence electrons. The molecule has 2 aliphatic rings. The second-order valence-corrected chi connectivity index (χ2v) is 10.8. The maximum atomic E-state index is 14.5. The SMILES string of the molecule is CCOC(=O)c1ccnc(N2C(=O)CC[C@H]2C(=O)N(c2cncc(F)c2)[C@H](C(=O)NC2CC(F)(F)C2)c2ccccc2Cl)c1. The molecule has 44 heavy (non-hydrogen) atoms. The van der Waals surface area contributed by atoms with E-state index >= 15 is 0 Å². The molecule has 3 aromatic rings. The summed E-state index contributed by atoms with van der Waals surface area (Å²) in [5.41, 5.74) is 0.0924. The molecule has 10 nitrogen and oxygen atoms in total. The second kappa shape index (κ2) is 12.6. The van der Waals surface area contributed by atoms with Crippen molar-refractivity contribution in [2.45, 2.75) is 56.7 Å². The zero-order valence-corrected chi connectivity index (χ0v) is 24.1. The number of alkyl halides is 2. The summed E-state index contributed by atoms with van der Waals surface area (Å²) in [7, 11) is 0. The van der Waals surface area contributed by atoms with E-state index in [1.54, 1.807) is 19.1 Å². The number of pyridine rings is 2. The molecule has 1 aromatic carbocycles. The Bertz CT molecular complexity index is 1600. The standard InChI is InChI=1S/C30H27ClF3N5O5/c1-2-44-29(43)17-9-10-36-24(11-17)39-23(7-8-25(39)40)28(42)38(20-12-18(32)15-35-16-20)26(21-5-3-4-6-22(21)31)27(41)37-19-13-30(33,34)14-19/h3-6,9-12,15-16,19,23,26H,2,7-8,13-14H2,1H3,(H,37,41)/t23-,26-/m0/s1. The van der Waals surface area contributed by atoms with Gasteiger partial charge in [-0.25, -0.2) is 22.9 Å². The van der Waals surface area contributed by atoms with Crippen molar-refractivity contribution in [3.05, 3.63) is 83.0 Å². The van der Waals surface area contributed by atoms with Crippen LogP contribution in [0.2, 0.25) is 5.02 Å². The number of carbonyl (C=O) groups is 4. The lowest BCUT2D eigenvalue weighted by Crippen LogP contribution is -2.56. The Balaban J connectivity index is 1.58. The minimum absolute atomic E-state index is 0.00602. The molecular formula is C30H27ClF3N5O5. The van der Waals surface area contributed by atoms with Gasteiger partial charge in [0.1, 0.15) is 23.7 Å². The summed E-state index contributed by atoms with van der Waals surface area (Å²) in [6.07, 6.45) is 2.11. The van der Waals surface area contributed by atoms with E-state index in [4.69, 9.17) is 16.3 Å². The molecule has 0 unspecified atom stereocenters. The Morgan fingerprint density at radius 2 is 1.93 bits per heavy atom. The number of rotatable bonds is 9. The number of hydrogen-bond acceptors (Lipinski definition) is 7. The molecule has 3 heterocycles. The number of aromatic nitrogens is 2. The van der Waals surface area contributed by atoms with Gasteiger partial charge in [-0.1, -0.05) is 29.8 Å². The maximum absolute atomic E-state index is 14.5. The summed E-state index contributed by atoms with van der Waals surface area (Å²) < 4.78 is 46.8. The highest BCUT2D eigenvalue weighted by Crippen LogP contribution is 2.39. The van der Waals surface area contributed by atoms with Gasteiger partial charge in [0, 0.05) is 48.2 Å². The third-order valence-electron chi connectivity index (χ3n) is 7.35. The largest absolute Gasteiger partial charge is 0.462 e. The van der Waals surface area contributed by atoms with Crippen molar-refractivity contribution in [2.75, 3.05) is 16.4 Å². The van der Waals surface area contributed by atoms with Gasteiger partial charge in [-0.15, -0.1) is 0 Å². The molecule has 2 atom stereocenters. The first-order valence-corrected chi connectivity index (χ1v) is 14.2. The van der Waals surface area contributed by atoms with Crippen LogP contribution in [0, 0.1) is 5.82 Å². The van der Waals surface area contributed by atoms with Gasteiger partial charge in [0.15, 0.2) is 0 Å². The van der Waals surface area contributed by atoms with Gasteiger partial charge in [0.05, 0.1) is 30.3 Å². The van der Waals surface area contributed by atoms with Crippen molar-refractivity contribution in [3.8, 4) is 0 Å². The number of carbonyl (C=O) groups excluding carboxylic acids is 4. The van der Waals surface area contributed by atoms with Crippen molar-refractivity contribution in [1.29, 1.82) is 0 Å². The predicted molar refractivity (Wildman–Crippen MR) is 153 cm³/mol. The highest BCUT2D eigenvalue weighted by atomic mass is 35.5. The molecule has 5 rings (SSSR count). The minimum Gasteiger partial charge on any atom is -0.462 e. The van der Waals surface area contributed by atoms with E-state index in [2.05, 4.69) is 15.3 Å². The van der Waals surface area contributed by atoms with Gasteiger partial charge in [-0.2, -0.15) is 0 Å². The van der Waals surface area contributed by atoms with Crippen LogP contribution < -0.4 is 15.1 Å². The topological polar surface area (TPSA) is 122 Å². The van der Waals surface area contributed by atoms with E-state index < -0.39 is 66.4 Å². The normalized spacial score (nSPS) is 18.3. The molecule has 14 heteroatoms. The first-order valence-electron chi connectivity index (χ1n) is 13.8. The van der Waals surface area contributed by atoms with Crippen molar-refractivity contribution >= 4 is 46.8 Å². The highest BCUT2D eigenvalue weighted by molar-refractivity contribution is 6.31. The second-order valence-electron chi connectivity index (χ2n) is 10.4. The first kappa shape index (κ1) is 30.9. The van der Waals surface area contributed by atoms with Gasteiger partial charge in [0.2, 0.25) is 11.8 Å². The van der Waals surface area contributed by atoms with Gasteiger partial charge < -0.3 is 10.1 Å². The Kier molecular flexibility index (Phi) is 8.86. The fraction of sp³-hybridized carbons (Fsp3) is 0.333. The number of anilines is 2. The van der Waals surface area contributed by atoms with Crippen LogP contribution >= 0.6 is 11.6 Å². The number of benzene rings is 1. The summed E-state index contributed by atoms with van der Waals surface area (Å²) in [6.45, 7) is 1.75. The molecule has 0 spiro atoms. The molecule has 0 radical (unpaired) electrons. The molecule has 1 saturated heterocycles. The van der Waals surface area contributed by atoms with Crippen LogP contribution in [0.1, 0.15) is 54.6 Å². The summed E-state index contributed by atoms with van der Waals surface area (Å²) in [5, 5.41) is 2.64. The number of halogens is 4. The highest BCUT2D eigenvalue weighted by Gasteiger charge is 2.48.